The Bertz CT molecular complexity index is 452. The zero-order valence-corrected chi connectivity index (χ0v) is 12.3. The quantitative estimate of drug-likeness (QED) is 0.585. The van der Waals surface area contributed by atoms with E-state index in [9.17, 15) is 8.78 Å². The maximum atomic E-state index is 13.5. The van der Waals surface area contributed by atoms with E-state index in [-0.39, 0.29) is 4.47 Å². The third kappa shape index (κ3) is 2.21. The third-order valence-corrected chi connectivity index (χ3v) is 4.29. The molecule has 1 aromatic carbocycles. The molecule has 2 rings (SSSR count). The molecule has 0 bridgehead atoms. The van der Waals surface area contributed by atoms with Crippen molar-refractivity contribution in [3.8, 4) is 0 Å². The SMILES string of the molecule is CC1(C)OB(c2cc(F)c(Br)c(F)c2)OC1(C)C. The van der Waals surface area contributed by atoms with Crippen LogP contribution in [0, 0.1) is 11.6 Å². The second-order valence-electron chi connectivity index (χ2n) is 5.39. The second-order valence-corrected chi connectivity index (χ2v) is 6.18. The maximum Gasteiger partial charge on any atom is 0.495 e. The van der Waals surface area contributed by atoms with Crippen LogP contribution in [0.2, 0.25) is 0 Å². The van der Waals surface area contributed by atoms with Gasteiger partial charge in [-0.25, -0.2) is 8.78 Å². The average molecular weight is 319 g/mol. The van der Waals surface area contributed by atoms with Crippen LogP contribution in [0.3, 0.4) is 0 Å². The molecule has 0 unspecified atom stereocenters. The number of rotatable bonds is 1. The molecule has 1 saturated heterocycles. The Morgan fingerprint density at radius 2 is 1.39 bits per heavy atom. The highest BCUT2D eigenvalue weighted by Gasteiger charge is 2.51. The first-order chi connectivity index (χ1) is 8.14. The van der Waals surface area contributed by atoms with Crippen LogP contribution in [0.25, 0.3) is 0 Å². The molecule has 1 fully saturated rings. The van der Waals surface area contributed by atoms with Crippen molar-refractivity contribution in [3.05, 3.63) is 28.2 Å². The van der Waals surface area contributed by atoms with Crippen LogP contribution in [-0.2, 0) is 9.31 Å². The van der Waals surface area contributed by atoms with Crippen molar-refractivity contribution in [1.82, 2.24) is 0 Å². The van der Waals surface area contributed by atoms with Crippen molar-refractivity contribution >= 4 is 28.5 Å². The van der Waals surface area contributed by atoms with Gasteiger partial charge in [0.2, 0.25) is 0 Å². The first-order valence-electron chi connectivity index (χ1n) is 5.64. The predicted octanol–water partition coefficient (Wildman–Crippen LogP) is 3.03. The summed E-state index contributed by atoms with van der Waals surface area (Å²) in [5.74, 6) is -1.33. The Balaban J connectivity index is 2.36. The predicted molar refractivity (Wildman–Crippen MR) is 69.8 cm³/mol. The lowest BCUT2D eigenvalue weighted by atomic mass is 9.79. The molecule has 0 atom stereocenters. The molecule has 18 heavy (non-hydrogen) atoms. The Kier molecular flexibility index (Phi) is 3.32. The van der Waals surface area contributed by atoms with Gasteiger partial charge in [0, 0.05) is 0 Å². The molecule has 0 spiro atoms. The molecular weight excluding hydrogens is 305 g/mol. The fourth-order valence-electron chi connectivity index (χ4n) is 1.69. The Morgan fingerprint density at radius 3 is 1.78 bits per heavy atom. The molecule has 0 amide bonds. The van der Waals surface area contributed by atoms with E-state index in [0.29, 0.717) is 5.46 Å². The summed E-state index contributed by atoms with van der Waals surface area (Å²) in [6.07, 6.45) is 0. The number of benzene rings is 1. The van der Waals surface area contributed by atoms with Gasteiger partial charge >= 0.3 is 7.12 Å². The summed E-state index contributed by atoms with van der Waals surface area (Å²) < 4.78 is 38.2. The molecule has 0 radical (unpaired) electrons. The second kappa shape index (κ2) is 4.29. The summed E-state index contributed by atoms with van der Waals surface area (Å²) in [5.41, 5.74) is -0.720. The normalized spacial score (nSPS) is 21.4. The largest absolute Gasteiger partial charge is 0.495 e. The highest BCUT2D eigenvalue weighted by atomic mass is 79.9. The lowest BCUT2D eigenvalue weighted by Crippen LogP contribution is -2.41. The number of hydrogen-bond donors (Lipinski definition) is 0. The minimum Gasteiger partial charge on any atom is -0.399 e. The Morgan fingerprint density at radius 1 is 1.00 bits per heavy atom. The molecule has 0 saturated carbocycles. The van der Waals surface area contributed by atoms with Crippen molar-refractivity contribution in [2.24, 2.45) is 0 Å². The van der Waals surface area contributed by atoms with Gasteiger partial charge in [0.05, 0.1) is 15.7 Å². The van der Waals surface area contributed by atoms with Crippen LogP contribution in [0.4, 0.5) is 8.78 Å². The fourth-order valence-corrected chi connectivity index (χ4v) is 1.92. The Hall–Kier alpha value is -0.455. The van der Waals surface area contributed by atoms with Gasteiger partial charge in [-0.15, -0.1) is 0 Å². The van der Waals surface area contributed by atoms with Gasteiger partial charge in [-0.05, 0) is 61.2 Å². The van der Waals surface area contributed by atoms with Crippen LogP contribution < -0.4 is 5.46 Å². The molecule has 1 aromatic rings. The smallest absolute Gasteiger partial charge is 0.399 e. The van der Waals surface area contributed by atoms with E-state index < -0.39 is 30.0 Å². The Labute approximate surface area is 114 Å². The van der Waals surface area contributed by atoms with E-state index in [1.165, 1.54) is 12.1 Å². The van der Waals surface area contributed by atoms with Crippen molar-refractivity contribution in [2.45, 2.75) is 38.9 Å². The lowest BCUT2D eigenvalue weighted by molar-refractivity contribution is 0.00578. The molecular formula is C12H14BBrF2O2. The van der Waals surface area contributed by atoms with E-state index in [1.807, 2.05) is 27.7 Å². The molecule has 2 nitrogen and oxygen atoms in total. The van der Waals surface area contributed by atoms with E-state index >= 15 is 0 Å². The van der Waals surface area contributed by atoms with Gasteiger partial charge in [0.25, 0.3) is 0 Å². The van der Waals surface area contributed by atoms with Gasteiger partial charge in [-0.3, -0.25) is 0 Å². The fraction of sp³-hybridized carbons (Fsp3) is 0.500. The number of halogens is 3. The van der Waals surface area contributed by atoms with E-state index in [0.717, 1.165) is 0 Å². The molecule has 1 aliphatic heterocycles. The van der Waals surface area contributed by atoms with Crippen LogP contribution in [-0.4, -0.2) is 18.3 Å². The van der Waals surface area contributed by atoms with Crippen LogP contribution in [0.15, 0.2) is 16.6 Å². The van der Waals surface area contributed by atoms with Crippen LogP contribution in [0.1, 0.15) is 27.7 Å². The summed E-state index contributed by atoms with van der Waals surface area (Å²) in [5, 5.41) is 0. The minimum atomic E-state index is -0.757. The highest BCUT2D eigenvalue weighted by molar-refractivity contribution is 9.10. The average Bonchev–Trinajstić information content (AvgIpc) is 2.44. The first kappa shape index (κ1) is 14.0. The van der Waals surface area contributed by atoms with E-state index in [2.05, 4.69) is 15.9 Å². The summed E-state index contributed by atoms with van der Waals surface area (Å²) in [4.78, 5) is 0. The minimum absolute atomic E-state index is 0.178. The van der Waals surface area contributed by atoms with Crippen molar-refractivity contribution in [1.29, 1.82) is 0 Å². The standard InChI is InChI=1S/C12H14BBrF2O2/c1-11(2)12(3,4)18-13(17-11)7-5-8(15)10(14)9(16)6-7/h5-6H,1-4H3. The number of hydrogen-bond acceptors (Lipinski definition) is 2. The van der Waals surface area contributed by atoms with Gasteiger partial charge < -0.3 is 9.31 Å². The van der Waals surface area contributed by atoms with Crippen LogP contribution >= 0.6 is 15.9 Å². The zero-order valence-electron chi connectivity index (χ0n) is 10.7. The molecule has 0 aliphatic carbocycles. The van der Waals surface area contributed by atoms with Crippen LogP contribution in [0.5, 0.6) is 0 Å². The molecule has 1 aliphatic rings. The molecule has 1 heterocycles. The van der Waals surface area contributed by atoms with Crippen molar-refractivity contribution in [2.75, 3.05) is 0 Å². The zero-order chi connectivity index (χ0) is 13.7. The van der Waals surface area contributed by atoms with Gasteiger partial charge in [-0.1, -0.05) is 0 Å². The summed E-state index contributed by atoms with van der Waals surface area (Å²) >= 11 is 2.84. The molecule has 0 aromatic heterocycles. The van der Waals surface area contributed by atoms with E-state index in [1.54, 1.807) is 0 Å². The molecule has 6 heteroatoms. The topological polar surface area (TPSA) is 18.5 Å². The molecule has 0 N–H and O–H groups in total. The van der Waals surface area contributed by atoms with Gasteiger partial charge in [0.15, 0.2) is 0 Å². The monoisotopic (exact) mass is 318 g/mol. The maximum absolute atomic E-state index is 13.5. The highest BCUT2D eigenvalue weighted by Crippen LogP contribution is 2.36. The van der Waals surface area contributed by atoms with Gasteiger partial charge in [-0.2, -0.15) is 0 Å². The van der Waals surface area contributed by atoms with Crippen molar-refractivity contribution in [3.63, 3.8) is 0 Å². The summed E-state index contributed by atoms with van der Waals surface area (Å²) in [7, 11) is -0.757. The lowest BCUT2D eigenvalue weighted by Gasteiger charge is -2.32. The molecule has 98 valence electrons. The van der Waals surface area contributed by atoms with E-state index in [4.69, 9.17) is 9.31 Å². The summed E-state index contributed by atoms with van der Waals surface area (Å²) in [6.45, 7) is 7.55. The first-order valence-corrected chi connectivity index (χ1v) is 6.43. The third-order valence-electron chi connectivity index (χ3n) is 3.53. The van der Waals surface area contributed by atoms with Crippen molar-refractivity contribution < 1.29 is 18.1 Å². The van der Waals surface area contributed by atoms with Gasteiger partial charge in [0.1, 0.15) is 11.6 Å². The summed E-state index contributed by atoms with van der Waals surface area (Å²) in [6, 6.07) is 2.44.